The molecule has 0 aliphatic carbocycles. The molecule has 2 aromatic carbocycles. The third-order valence-electron chi connectivity index (χ3n) is 2.83. The van der Waals surface area contributed by atoms with Crippen molar-refractivity contribution < 1.29 is 14.6 Å². The van der Waals surface area contributed by atoms with Gasteiger partial charge in [0.15, 0.2) is 5.78 Å². The van der Waals surface area contributed by atoms with Crippen molar-refractivity contribution in [1.29, 1.82) is 0 Å². The molecule has 0 aliphatic heterocycles. The van der Waals surface area contributed by atoms with Gasteiger partial charge in [-0.2, -0.15) is 0 Å². The minimum atomic E-state index is -0.319. The number of phenolic OH excluding ortho intramolecular Hbond substituents is 1. The summed E-state index contributed by atoms with van der Waals surface area (Å²) in [5.41, 5.74) is 0.987. The van der Waals surface area contributed by atoms with Gasteiger partial charge in [0, 0.05) is 11.1 Å². The first kappa shape index (κ1) is 15.7. The Bertz CT molecular complexity index is 757. The van der Waals surface area contributed by atoms with Gasteiger partial charge in [0.2, 0.25) is 0 Å². The molecule has 0 unspecified atom stereocenters. The van der Waals surface area contributed by atoms with Crippen LogP contribution in [0.3, 0.4) is 0 Å². The van der Waals surface area contributed by atoms with Crippen LogP contribution in [-0.4, -0.2) is 17.5 Å². The lowest BCUT2D eigenvalue weighted by Gasteiger charge is -2.05. The third-order valence-corrected chi connectivity index (χ3v) is 3.07. The second-order valence-electron chi connectivity index (χ2n) is 4.42. The summed E-state index contributed by atoms with van der Waals surface area (Å²) in [6, 6.07) is 11.5. The first-order valence-electron chi connectivity index (χ1n) is 6.47. The van der Waals surface area contributed by atoms with E-state index in [1.54, 1.807) is 30.3 Å². The Morgan fingerprint density at radius 2 is 2.14 bits per heavy atom. The topological polar surface area (TPSA) is 46.5 Å². The summed E-state index contributed by atoms with van der Waals surface area (Å²) in [7, 11) is 0. The summed E-state index contributed by atoms with van der Waals surface area (Å²) in [6.07, 6.45) is 8.10. The van der Waals surface area contributed by atoms with E-state index < -0.39 is 0 Å². The molecule has 0 fully saturated rings. The number of ether oxygens (including phenoxy) is 1. The fourth-order valence-electron chi connectivity index (χ4n) is 1.81. The van der Waals surface area contributed by atoms with Crippen LogP contribution in [0.15, 0.2) is 48.5 Å². The molecule has 0 aromatic heterocycles. The molecule has 0 amide bonds. The van der Waals surface area contributed by atoms with Gasteiger partial charge in [0.25, 0.3) is 0 Å². The smallest absolute Gasteiger partial charge is 0.189 e. The van der Waals surface area contributed by atoms with Crippen LogP contribution in [0.25, 0.3) is 6.08 Å². The maximum atomic E-state index is 12.1. The van der Waals surface area contributed by atoms with E-state index in [0.29, 0.717) is 10.8 Å². The van der Waals surface area contributed by atoms with Crippen molar-refractivity contribution in [3.05, 3.63) is 64.7 Å². The Labute approximate surface area is 133 Å². The van der Waals surface area contributed by atoms with Gasteiger partial charge in [-0.15, -0.1) is 6.42 Å². The van der Waals surface area contributed by atoms with Gasteiger partial charge < -0.3 is 9.84 Å². The van der Waals surface area contributed by atoms with Gasteiger partial charge in [0.1, 0.15) is 18.1 Å². The number of allylic oxidation sites excluding steroid dienone is 1. The van der Waals surface area contributed by atoms with Crippen LogP contribution in [0, 0.1) is 12.3 Å². The van der Waals surface area contributed by atoms with Gasteiger partial charge >= 0.3 is 0 Å². The highest BCUT2D eigenvalue weighted by Crippen LogP contribution is 2.24. The number of aromatic hydroxyl groups is 1. The molecular formula is C18H13ClO3. The molecule has 0 aliphatic rings. The Morgan fingerprint density at radius 3 is 2.82 bits per heavy atom. The minimum absolute atomic E-state index is 0.0986. The number of ketones is 1. The fourth-order valence-corrected chi connectivity index (χ4v) is 2.01. The Morgan fingerprint density at radius 1 is 1.32 bits per heavy atom. The van der Waals surface area contributed by atoms with Gasteiger partial charge in [-0.3, -0.25) is 4.79 Å². The van der Waals surface area contributed by atoms with E-state index in [-0.39, 0.29) is 23.7 Å². The van der Waals surface area contributed by atoms with E-state index in [1.165, 1.54) is 18.2 Å². The molecular weight excluding hydrogens is 300 g/mol. The largest absolute Gasteiger partial charge is 0.507 e. The minimum Gasteiger partial charge on any atom is -0.507 e. The van der Waals surface area contributed by atoms with Crippen LogP contribution < -0.4 is 4.74 Å². The second-order valence-corrected chi connectivity index (χ2v) is 4.86. The summed E-state index contributed by atoms with van der Waals surface area (Å²) in [6.45, 7) is 0.0986. The zero-order valence-electron chi connectivity index (χ0n) is 11.6. The third kappa shape index (κ3) is 4.15. The number of phenols is 1. The molecule has 2 rings (SSSR count). The number of carbonyl (C=O) groups excluding carboxylic acids is 1. The number of carbonyl (C=O) groups is 1. The zero-order valence-corrected chi connectivity index (χ0v) is 12.4. The Kier molecular flexibility index (Phi) is 5.24. The first-order valence-corrected chi connectivity index (χ1v) is 6.85. The zero-order chi connectivity index (χ0) is 15.9. The van der Waals surface area contributed by atoms with Crippen LogP contribution >= 0.6 is 11.6 Å². The number of hydrogen-bond acceptors (Lipinski definition) is 3. The van der Waals surface area contributed by atoms with E-state index in [4.69, 9.17) is 22.8 Å². The SMILES string of the molecule is C#CCOc1ccc(C(=O)/C=C/c2cccc(Cl)c2)c(O)c1. The average Bonchev–Trinajstić information content (AvgIpc) is 2.51. The maximum Gasteiger partial charge on any atom is 0.189 e. The van der Waals surface area contributed by atoms with Gasteiger partial charge in [0.05, 0.1) is 5.56 Å². The number of terminal acetylenes is 1. The van der Waals surface area contributed by atoms with Crippen molar-refractivity contribution in [2.45, 2.75) is 0 Å². The standard InChI is InChI=1S/C18H13ClO3/c1-2-10-22-15-7-8-16(18(21)12-15)17(20)9-6-13-4-3-5-14(19)11-13/h1,3-9,11-12,21H,10H2/b9-6+. The predicted octanol–water partition coefficient (Wildman–Crippen LogP) is 3.95. The number of hydrogen-bond donors (Lipinski definition) is 1. The molecule has 0 radical (unpaired) electrons. The lowest BCUT2D eigenvalue weighted by atomic mass is 10.1. The molecule has 1 N–H and O–H groups in total. The average molecular weight is 313 g/mol. The summed E-state index contributed by atoms with van der Waals surface area (Å²) in [5, 5.41) is 10.5. The van der Waals surface area contributed by atoms with Crippen molar-refractivity contribution in [2.24, 2.45) is 0 Å². The highest BCUT2D eigenvalue weighted by Gasteiger charge is 2.09. The molecule has 22 heavy (non-hydrogen) atoms. The van der Waals surface area contributed by atoms with Crippen LogP contribution in [0.2, 0.25) is 5.02 Å². The summed E-state index contributed by atoms with van der Waals surface area (Å²) >= 11 is 5.87. The van der Waals surface area contributed by atoms with Crippen molar-refractivity contribution in [3.63, 3.8) is 0 Å². The monoisotopic (exact) mass is 312 g/mol. The number of halogens is 1. The van der Waals surface area contributed by atoms with E-state index in [2.05, 4.69) is 5.92 Å². The van der Waals surface area contributed by atoms with Crippen LogP contribution in [0.1, 0.15) is 15.9 Å². The summed E-state index contributed by atoms with van der Waals surface area (Å²) < 4.78 is 5.17. The molecule has 0 bridgehead atoms. The highest BCUT2D eigenvalue weighted by atomic mass is 35.5. The lowest BCUT2D eigenvalue weighted by Crippen LogP contribution is -1.97. The molecule has 4 heteroatoms. The van der Waals surface area contributed by atoms with E-state index in [1.807, 2.05) is 6.07 Å². The molecule has 0 saturated carbocycles. The molecule has 0 atom stereocenters. The first-order chi connectivity index (χ1) is 10.6. The highest BCUT2D eigenvalue weighted by molar-refractivity contribution is 6.30. The summed E-state index contributed by atoms with van der Waals surface area (Å²) in [5.74, 6) is 2.26. The fraction of sp³-hybridized carbons (Fsp3) is 0.0556. The van der Waals surface area contributed by atoms with Gasteiger partial charge in [-0.25, -0.2) is 0 Å². The Balaban J connectivity index is 2.14. The van der Waals surface area contributed by atoms with Crippen LogP contribution in [0.5, 0.6) is 11.5 Å². The van der Waals surface area contributed by atoms with Crippen molar-refractivity contribution in [3.8, 4) is 23.8 Å². The quantitative estimate of drug-likeness (QED) is 0.516. The van der Waals surface area contributed by atoms with E-state index >= 15 is 0 Å². The number of benzene rings is 2. The predicted molar refractivity (Wildman–Crippen MR) is 87.3 cm³/mol. The van der Waals surface area contributed by atoms with Gasteiger partial charge in [-0.05, 0) is 35.9 Å². The number of rotatable bonds is 5. The molecule has 2 aromatic rings. The normalized spacial score (nSPS) is 10.4. The molecule has 0 heterocycles. The maximum absolute atomic E-state index is 12.1. The van der Waals surface area contributed by atoms with Gasteiger partial charge in [-0.1, -0.05) is 35.7 Å². The van der Waals surface area contributed by atoms with Crippen molar-refractivity contribution in [2.75, 3.05) is 6.61 Å². The van der Waals surface area contributed by atoms with E-state index in [9.17, 15) is 9.90 Å². The van der Waals surface area contributed by atoms with Crippen molar-refractivity contribution >= 4 is 23.5 Å². The molecule has 0 saturated heterocycles. The Hall–Kier alpha value is -2.70. The lowest BCUT2D eigenvalue weighted by molar-refractivity contribution is 0.104. The molecule has 0 spiro atoms. The van der Waals surface area contributed by atoms with Crippen molar-refractivity contribution in [1.82, 2.24) is 0 Å². The van der Waals surface area contributed by atoms with Crippen LogP contribution in [0.4, 0.5) is 0 Å². The second kappa shape index (κ2) is 7.35. The van der Waals surface area contributed by atoms with E-state index in [0.717, 1.165) is 5.56 Å². The van der Waals surface area contributed by atoms with Crippen LogP contribution in [-0.2, 0) is 0 Å². The molecule has 3 nitrogen and oxygen atoms in total. The summed E-state index contributed by atoms with van der Waals surface area (Å²) in [4.78, 5) is 12.1. The molecule has 110 valence electrons.